The average Bonchev–Trinajstić information content (AvgIpc) is 3.04. The number of imidazole rings is 1. The maximum atomic E-state index is 13.9. The molecule has 0 saturated carbocycles. The van der Waals surface area contributed by atoms with Gasteiger partial charge >= 0.3 is 0 Å². The summed E-state index contributed by atoms with van der Waals surface area (Å²) in [7, 11) is 2.13. The summed E-state index contributed by atoms with van der Waals surface area (Å²) in [5.41, 5.74) is 4.57. The van der Waals surface area contributed by atoms with E-state index in [4.69, 9.17) is 4.74 Å². The standard InChI is InChI=1S/C19H20FN3O2S/c1-23-8-4-7-12-5-3-6-13(18(12)23)11-26(24)19-21-15-9-14(20)17(25-2)10-16(15)22-19/h3,5-6,9-10H,4,7-8,11H2,1-2H3,(H,21,22). The minimum absolute atomic E-state index is 0.125. The molecule has 0 bridgehead atoms. The summed E-state index contributed by atoms with van der Waals surface area (Å²) in [6.07, 6.45) is 2.18. The van der Waals surface area contributed by atoms with E-state index >= 15 is 0 Å². The SMILES string of the molecule is COc1cc2nc(S(=O)Cc3cccc4c3N(C)CCC4)[nH]c2cc1F. The zero-order valence-corrected chi connectivity index (χ0v) is 15.5. The lowest BCUT2D eigenvalue weighted by Gasteiger charge is -2.29. The number of anilines is 1. The predicted octanol–water partition coefficient (Wildman–Crippen LogP) is 3.40. The number of halogens is 1. The van der Waals surface area contributed by atoms with Gasteiger partial charge in [-0.2, -0.15) is 0 Å². The normalized spacial score (nSPS) is 15.1. The first kappa shape index (κ1) is 17.0. The highest BCUT2D eigenvalue weighted by Gasteiger charge is 2.20. The minimum Gasteiger partial charge on any atom is -0.494 e. The summed E-state index contributed by atoms with van der Waals surface area (Å²) in [4.78, 5) is 9.58. The molecule has 0 fully saturated rings. The number of benzene rings is 2. The summed E-state index contributed by atoms with van der Waals surface area (Å²) < 4.78 is 31.7. The van der Waals surface area contributed by atoms with Gasteiger partial charge in [-0.05, 0) is 24.0 Å². The Bertz CT molecular complexity index is 1000. The van der Waals surface area contributed by atoms with Crippen LogP contribution in [0.4, 0.5) is 10.1 Å². The van der Waals surface area contributed by atoms with Crippen molar-refractivity contribution < 1.29 is 13.3 Å². The van der Waals surface area contributed by atoms with E-state index in [1.54, 1.807) is 0 Å². The Labute approximate surface area is 153 Å². The van der Waals surface area contributed by atoms with Crippen molar-refractivity contribution in [2.75, 3.05) is 25.6 Å². The summed E-state index contributed by atoms with van der Waals surface area (Å²) >= 11 is 0. The lowest BCUT2D eigenvalue weighted by molar-refractivity contribution is 0.387. The van der Waals surface area contributed by atoms with Crippen LogP contribution in [0, 0.1) is 5.82 Å². The van der Waals surface area contributed by atoms with Crippen molar-refractivity contribution in [3.63, 3.8) is 0 Å². The number of para-hydroxylation sites is 1. The van der Waals surface area contributed by atoms with E-state index in [0.29, 0.717) is 21.9 Å². The van der Waals surface area contributed by atoms with E-state index in [1.165, 1.54) is 30.5 Å². The summed E-state index contributed by atoms with van der Waals surface area (Å²) in [5, 5.41) is 0.351. The molecular weight excluding hydrogens is 353 g/mol. The number of H-pyrrole nitrogens is 1. The Morgan fingerprint density at radius 1 is 1.38 bits per heavy atom. The zero-order chi connectivity index (χ0) is 18.3. The van der Waals surface area contributed by atoms with Crippen LogP contribution in [0.25, 0.3) is 11.0 Å². The Morgan fingerprint density at radius 2 is 2.23 bits per heavy atom. The number of aromatic nitrogens is 2. The number of hydrogen-bond acceptors (Lipinski definition) is 4. The van der Waals surface area contributed by atoms with Crippen molar-refractivity contribution in [1.29, 1.82) is 0 Å². The highest BCUT2D eigenvalue weighted by molar-refractivity contribution is 7.84. The lowest BCUT2D eigenvalue weighted by Crippen LogP contribution is -2.26. The van der Waals surface area contributed by atoms with E-state index in [2.05, 4.69) is 28.0 Å². The molecule has 0 amide bonds. The predicted molar refractivity (Wildman–Crippen MR) is 101 cm³/mol. The monoisotopic (exact) mass is 373 g/mol. The minimum atomic E-state index is -1.35. The first-order chi connectivity index (χ1) is 12.6. The number of methoxy groups -OCH3 is 1. The smallest absolute Gasteiger partial charge is 0.197 e. The van der Waals surface area contributed by atoms with Crippen LogP contribution in [0.1, 0.15) is 17.5 Å². The highest BCUT2D eigenvalue weighted by atomic mass is 32.2. The average molecular weight is 373 g/mol. The first-order valence-electron chi connectivity index (χ1n) is 8.50. The molecule has 0 spiro atoms. The molecule has 1 atom stereocenters. The fourth-order valence-corrected chi connectivity index (χ4v) is 4.61. The van der Waals surface area contributed by atoms with Gasteiger partial charge in [-0.3, -0.25) is 4.21 Å². The molecule has 4 rings (SSSR count). The molecule has 26 heavy (non-hydrogen) atoms. The second-order valence-electron chi connectivity index (χ2n) is 6.49. The number of nitrogens with one attached hydrogen (secondary N) is 1. The molecule has 7 heteroatoms. The Balaban J connectivity index is 1.66. The van der Waals surface area contributed by atoms with Gasteiger partial charge < -0.3 is 14.6 Å². The number of fused-ring (bicyclic) bond motifs is 2. The molecule has 1 aliphatic heterocycles. The molecule has 136 valence electrons. The van der Waals surface area contributed by atoms with E-state index in [-0.39, 0.29) is 5.75 Å². The van der Waals surface area contributed by atoms with E-state index < -0.39 is 16.6 Å². The van der Waals surface area contributed by atoms with E-state index in [9.17, 15) is 8.60 Å². The van der Waals surface area contributed by atoms with Crippen LogP contribution < -0.4 is 9.64 Å². The molecular formula is C19H20FN3O2S. The third kappa shape index (κ3) is 2.96. The van der Waals surface area contributed by atoms with Crippen LogP contribution in [0.2, 0.25) is 0 Å². The van der Waals surface area contributed by atoms with Gasteiger partial charge in [0.15, 0.2) is 16.7 Å². The van der Waals surface area contributed by atoms with E-state index in [0.717, 1.165) is 24.9 Å². The van der Waals surface area contributed by atoms with Crippen LogP contribution in [0.5, 0.6) is 5.75 Å². The molecule has 5 nitrogen and oxygen atoms in total. The molecule has 1 aliphatic rings. The summed E-state index contributed by atoms with van der Waals surface area (Å²) in [6.45, 7) is 1.00. The fourth-order valence-electron chi connectivity index (χ4n) is 3.53. The number of aryl methyl sites for hydroxylation is 1. The molecule has 1 unspecified atom stereocenters. The Hall–Kier alpha value is -2.41. The van der Waals surface area contributed by atoms with Gasteiger partial charge in [0.1, 0.15) is 0 Å². The Kier molecular flexibility index (Phi) is 4.40. The second-order valence-corrected chi connectivity index (χ2v) is 7.85. The Morgan fingerprint density at radius 3 is 3.04 bits per heavy atom. The number of ether oxygens (including phenoxy) is 1. The first-order valence-corrected chi connectivity index (χ1v) is 9.82. The molecule has 1 aromatic heterocycles. The largest absolute Gasteiger partial charge is 0.494 e. The van der Waals surface area contributed by atoms with Crippen LogP contribution in [0.3, 0.4) is 0 Å². The molecule has 2 aromatic carbocycles. The maximum Gasteiger partial charge on any atom is 0.197 e. The number of aromatic amines is 1. The van der Waals surface area contributed by atoms with Crippen LogP contribution in [0.15, 0.2) is 35.5 Å². The molecule has 0 radical (unpaired) electrons. The van der Waals surface area contributed by atoms with Gasteiger partial charge in [-0.1, -0.05) is 18.2 Å². The van der Waals surface area contributed by atoms with E-state index in [1.807, 2.05) is 12.1 Å². The number of hydrogen-bond donors (Lipinski definition) is 1. The van der Waals surface area contributed by atoms with Crippen LogP contribution in [-0.4, -0.2) is 34.9 Å². The van der Waals surface area contributed by atoms with Crippen molar-refractivity contribution in [3.8, 4) is 5.75 Å². The summed E-state index contributed by atoms with van der Waals surface area (Å²) in [5.74, 6) is 0.0206. The van der Waals surface area contributed by atoms with Crippen molar-refractivity contribution in [2.24, 2.45) is 0 Å². The molecule has 0 aliphatic carbocycles. The van der Waals surface area contributed by atoms with Gasteiger partial charge in [0, 0.05) is 31.4 Å². The third-order valence-electron chi connectivity index (χ3n) is 4.76. The molecule has 3 aromatic rings. The highest BCUT2D eigenvalue weighted by Crippen LogP contribution is 2.31. The van der Waals surface area contributed by atoms with Crippen LogP contribution in [-0.2, 0) is 23.0 Å². The van der Waals surface area contributed by atoms with Crippen molar-refractivity contribution in [2.45, 2.75) is 23.8 Å². The van der Waals surface area contributed by atoms with Crippen molar-refractivity contribution >= 4 is 27.5 Å². The topological polar surface area (TPSA) is 58.2 Å². The zero-order valence-electron chi connectivity index (χ0n) is 14.7. The maximum absolute atomic E-state index is 13.9. The second kappa shape index (κ2) is 6.72. The molecule has 1 N–H and O–H groups in total. The third-order valence-corrected chi connectivity index (χ3v) is 5.96. The van der Waals surface area contributed by atoms with Crippen molar-refractivity contribution in [3.05, 3.63) is 47.3 Å². The van der Waals surface area contributed by atoms with Gasteiger partial charge in [0.25, 0.3) is 0 Å². The fraction of sp³-hybridized carbons (Fsp3) is 0.316. The van der Waals surface area contributed by atoms with Gasteiger partial charge in [0.05, 0.1) is 34.7 Å². The molecule has 0 saturated heterocycles. The number of nitrogens with zero attached hydrogens (tertiary/aromatic N) is 2. The summed E-state index contributed by atoms with van der Waals surface area (Å²) in [6, 6.07) is 9.00. The quantitative estimate of drug-likeness (QED) is 0.762. The van der Waals surface area contributed by atoms with Crippen LogP contribution >= 0.6 is 0 Å². The van der Waals surface area contributed by atoms with Gasteiger partial charge in [-0.25, -0.2) is 9.37 Å². The molecule has 2 heterocycles. The lowest BCUT2D eigenvalue weighted by atomic mass is 9.99. The van der Waals surface area contributed by atoms with Gasteiger partial charge in [0.2, 0.25) is 0 Å². The number of rotatable bonds is 4. The van der Waals surface area contributed by atoms with Gasteiger partial charge in [-0.15, -0.1) is 0 Å². The van der Waals surface area contributed by atoms with Crippen molar-refractivity contribution in [1.82, 2.24) is 9.97 Å².